The second kappa shape index (κ2) is 6.87. The summed E-state index contributed by atoms with van der Waals surface area (Å²) in [6, 6.07) is 4.29. The molecule has 0 aromatic heterocycles. The van der Waals surface area contributed by atoms with Gasteiger partial charge in [-0.2, -0.15) is 0 Å². The Bertz CT molecular complexity index is 403. The molecule has 1 saturated heterocycles. The van der Waals surface area contributed by atoms with Crippen molar-refractivity contribution in [3.05, 3.63) is 29.6 Å². The SMILES string of the molecule is C[C@H](O)c1cc(F)ccc1OCCN1CCCCC1. The molecule has 1 aliphatic heterocycles. The van der Waals surface area contributed by atoms with Gasteiger partial charge in [0.2, 0.25) is 0 Å². The molecule has 1 aromatic carbocycles. The molecule has 106 valence electrons. The first-order valence-electron chi connectivity index (χ1n) is 6.99. The van der Waals surface area contributed by atoms with Crippen LogP contribution in [0, 0.1) is 5.82 Å². The van der Waals surface area contributed by atoms with E-state index in [-0.39, 0.29) is 5.82 Å². The lowest BCUT2D eigenvalue weighted by Crippen LogP contribution is -2.33. The van der Waals surface area contributed by atoms with E-state index in [1.165, 1.54) is 31.4 Å². The summed E-state index contributed by atoms with van der Waals surface area (Å²) in [5.41, 5.74) is 0.513. The summed E-state index contributed by atoms with van der Waals surface area (Å²) in [7, 11) is 0. The second-order valence-electron chi connectivity index (χ2n) is 5.11. The molecular formula is C15H22FNO2. The molecule has 0 bridgehead atoms. The Kier molecular flexibility index (Phi) is 5.16. The van der Waals surface area contributed by atoms with E-state index in [9.17, 15) is 9.50 Å². The van der Waals surface area contributed by atoms with E-state index in [1.807, 2.05) is 0 Å². The highest BCUT2D eigenvalue weighted by atomic mass is 19.1. The Hall–Kier alpha value is -1.13. The number of hydrogen-bond donors (Lipinski definition) is 1. The number of hydrogen-bond acceptors (Lipinski definition) is 3. The molecule has 4 heteroatoms. The van der Waals surface area contributed by atoms with Crippen molar-refractivity contribution in [3.8, 4) is 5.75 Å². The molecule has 0 aliphatic carbocycles. The standard InChI is InChI=1S/C15H22FNO2/c1-12(18)14-11-13(16)5-6-15(14)19-10-9-17-7-3-2-4-8-17/h5-6,11-12,18H,2-4,7-10H2,1H3/t12-/m0/s1. The van der Waals surface area contributed by atoms with Crippen molar-refractivity contribution in [2.75, 3.05) is 26.2 Å². The number of halogens is 1. The number of likely N-dealkylation sites (tertiary alicyclic amines) is 1. The van der Waals surface area contributed by atoms with Gasteiger partial charge in [-0.05, 0) is 51.1 Å². The third-order valence-electron chi connectivity index (χ3n) is 3.54. The smallest absolute Gasteiger partial charge is 0.125 e. The van der Waals surface area contributed by atoms with Crippen molar-refractivity contribution in [2.24, 2.45) is 0 Å². The van der Waals surface area contributed by atoms with E-state index in [2.05, 4.69) is 4.90 Å². The summed E-state index contributed by atoms with van der Waals surface area (Å²) in [5.74, 6) is 0.229. The Morgan fingerprint density at radius 1 is 1.32 bits per heavy atom. The quantitative estimate of drug-likeness (QED) is 0.890. The summed E-state index contributed by atoms with van der Waals surface area (Å²) in [4.78, 5) is 2.38. The van der Waals surface area contributed by atoms with Gasteiger partial charge in [0, 0.05) is 12.1 Å². The van der Waals surface area contributed by atoms with E-state index in [0.29, 0.717) is 17.9 Å². The van der Waals surface area contributed by atoms with Crippen LogP contribution in [0.3, 0.4) is 0 Å². The largest absolute Gasteiger partial charge is 0.492 e. The molecular weight excluding hydrogens is 245 g/mol. The predicted octanol–water partition coefficient (Wildman–Crippen LogP) is 2.74. The fourth-order valence-corrected chi connectivity index (χ4v) is 2.44. The summed E-state index contributed by atoms with van der Waals surface area (Å²) in [5, 5.41) is 9.62. The van der Waals surface area contributed by atoms with Crippen LogP contribution in [0.4, 0.5) is 4.39 Å². The predicted molar refractivity (Wildman–Crippen MR) is 72.8 cm³/mol. The van der Waals surface area contributed by atoms with Crippen molar-refractivity contribution >= 4 is 0 Å². The minimum Gasteiger partial charge on any atom is -0.492 e. The van der Waals surface area contributed by atoms with E-state index in [1.54, 1.807) is 13.0 Å². The molecule has 1 heterocycles. The lowest BCUT2D eigenvalue weighted by atomic mass is 10.1. The zero-order valence-corrected chi connectivity index (χ0v) is 11.4. The molecule has 0 unspecified atom stereocenters. The normalized spacial score (nSPS) is 18.3. The maximum atomic E-state index is 13.1. The number of ether oxygens (including phenoxy) is 1. The third-order valence-corrected chi connectivity index (χ3v) is 3.54. The molecule has 1 fully saturated rings. The van der Waals surface area contributed by atoms with Gasteiger partial charge in [-0.3, -0.25) is 4.90 Å². The van der Waals surface area contributed by atoms with Crippen LogP contribution in [0.25, 0.3) is 0 Å². The van der Waals surface area contributed by atoms with Gasteiger partial charge < -0.3 is 9.84 Å². The summed E-state index contributed by atoms with van der Waals surface area (Å²) < 4.78 is 18.8. The lowest BCUT2D eigenvalue weighted by Gasteiger charge is -2.26. The lowest BCUT2D eigenvalue weighted by molar-refractivity contribution is 0.171. The highest BCUT2D eigenvalue weighted by Gasteiger charge is 2.12. The van der Waals surface area contributed by atoms with Crippen LogP contribution in [0.2, 0.25) is 0 Å². The van der Waals surface area contributed by atoms with Gasteiger partial charge in [-0.15, -0.1) is 0 Å². The Morgan fingerprint density at radius 2 is 2.05 bits per heavy atom. The van der Waals surface area contributed by atoms with Crippen LogP contribution in [-0.4, -0.2) is 36.2 Å². The van der Waals surface area contributed by atoms with Gasteiger partial charge in [0.1, 0.15) is 18.2 Å². The molecule has 3 nitrogen and oxygen atoms in total. The molecule has 0 amide bonds. The molecule has 0 radical (unpaired) electrons. The van der Waals surface area contributed by atoms with Crippen LogP contribution in [-0.2, 0) is 0 Å². The van der Waals surface area contributed by atoms with Crippen molar-refractivity contribution in [1.29, 1.82) is 0 Å². The number of benzene rings is 1. The van der Waals surface area contributed by atoms with E-state index >= 15 is 0 Å². The van der Waals surface area contributed by atoms with Crippen LogP contribution in [0.1, 0.15) is 37.9 Å². The maximum absolute atomic E-state index is 13.1. The van der Waals surface area contributed by atoms with Crippen molar-refractivity contribution < 1.29 is 14.2 Å². The Morgan fingerprint density at radius 3 is 2.74 bits per heavy atom. The van der Waals surface area contributed by atoms with Gasteiger partial charge in [0.05, 0.1) is 6.10 Å². The molecule has 0 spiro atoms. The van der Waals surface area contributed by atoms with E-state index in [0.717, 1.165) is 19.6 Å². The number of aliphatic hydroxyl groups is 1. The maximum Gasteiger partial charge on any atom is 0.125 e. The second-order valence-corrected chi connectivity index (χ2v) is 5.11. The van der Waals surface area contributed by atoms with Gasteiger partial charge in [-0.25, -0.2) is 4.39 Å². The highest BCUT2D eigenvalue weighted by molar-refractivity contribution is 5.35. The zero-order valence-electron chi connectivity index (χ0n) is 11.4. The molecule has 1 aromatic rings. The third kappa shape index (κ3) is 4.18. The summed E-state index contributed by atoms with van der Waals surface area (Å²) in [6.45, 7) is 5.35. The average Bonchev–Trinajstić information content (AvgIpc) is 2.41. The topological polar surface area (TPSA) is 32.7 Å². The number of aliphatic hydroxyl groups excluding tert-OH is 1. The zero-order chi connectivity index (χ0) is 13.7. The van der Waals surface area contributed by atoms with Crippen LogP contribution < -0.4 is 4.74 Å². The fraction of sp³-hybridized carbons (Fsp3) is 0.600. The summed E-state index contributed by atoms with van der Waals surface area (Å²) in [6.07, 6.45) is 3.12. The van der Waals surface area contributed by atoms with Crippen LogP contribution in [0.5, 0.6) is 5.75 Å². The molecule has 1 atom stereocenters. The molecule has 0 saturated carbocycles. The van der Waals surface area contributed by atoms with Crippen LogP contribution in [0.15, 0.2) is 18.2 Å². The first-order chi connectivity index (χ1) is 9.16. The number of rotatable bonds is 5. The number of piperidine rings is 1. The molecule has 1 aliphatic rings. The Labute approximate surface area is 114 Å². The molecule has 1 N–H and O–H groups in total. The summed E-state index contributed by atoms with van der Waals surface area (Å²) >= 11 is 0. The van der Waals surface area contributed by atoms with Crippen molar-refractivity contribution in [2.45, 2.75) is 32.3 Å². The minimum absolute atomic E-state index is 0.348. The minimum atomic E-state index is -0.722. The first kappa shape index (κ1) is 14.3. The van der Waals surface area contributed by atoms with Gasteiger partial charge >= 0.3 is 0 Å². The van der Waals surface area contributed by atoms with Gasteiger partial charge in [-0.1, -0.05) is 6.42 Å². The highest BCUT2D eigenvalue weighted by Crippen LogP contribution is 2.26. The van der Waals surface area contributed by atoms with Crippen molar-refractivity contribution in [3.63, 3.8) is 0 Å². The number of nitrogens with zero attached hydrogens (tertiary/aromatic N) is 1. The average molecular weight is 267 g/mol. The first-order valence-corrected chi connectivity index (χ1v) is 6.99. The molecule has 19 heavy (non-hydrogen) atoms. The fourth-order valence-electron chi connectivity index (χ4n) is 2.44. The van der Waals surface area contributed by atoms with Crippen LogP contribution >= 0.6 is 0 Å². The van der Waals surface area contributed by atoms with Gasteiger partial charge in [0.25, 0.3) is 0 Å². The molecule has 2 rings (SSSR count). The van der Waals surface area contributed by atoms with Gasteiger partial charge in [0.15, 0.2) is 0 Å². The van der Waals surface area contributed by atoms with E-state index in [4.69, 9.17) is 4.74 Å². The monoisotopic (exact) mass is 267 g/mol. The van der Waals surface area contributed by atoms with Crippen molar-refractivity contribution in [1.82, 2.24) is 4.90 Å². The van der Waals surface area contributed by atoms with E-state index < -0.39 is 6.10 Å². The Balaban J connectivity index is 1.88.